The van der Waals surface area contributed by atoms with Gasteiger partial charge in [-0.1, -0.05) is 87.5 Å². The van der Waals surface area contributed by atoms with Crippen LogP contribution in [0.25, 0.3) is 22.3 Å². The molecule has 0 bridgehead atoms. The lowest BCUT2D eigenvalue weighted by atomic mass is 9.86. The van der Waals surface area contributed by atoms with Crippen LogP contribution in [0.4, 0.5) is 0 Å². The Labute approximate surface area is 133 Å². The van der Waals surface area contributed by atoms with E-state index in [1.54, 1.807) is 0 Å². The van der Waals surface area contributed by atoms with Gasteiger partial charge in [0.25, 0.3) is 0 Å². The molecular formula is C22H21. The average Bonchev–Trinajstić information content (AvgIpc) is 2.55. The van der Waals surface area contributed by atoms with Gasteiger partial charge in [0.2, 0.25) is 0 Å². The minimum absolute atomic E-state index is 0.189. The maximum Gasteiger partial charge on any atom is -0.00987 e. The molecule has 0 atom stereocenters. The second kappa shape index (κ2) is 5.81. The van der Waals surface area contributed by atoms with Gasteiger partial charge in [-0.15, -0.1) is 0 Å². The smallest absolute Gasteiger partial charge is 0.00987 e. The van der Waals surface area contributed by atoms with Crippen LogP contribution in [-0.2, 0) is 5.41 Å². The van der Waals surface area contributed by atoms with Crippen molar-refractivity contribution >= 4 is 0 Å². The van der Waals surface area contributed by atoms with Crippen molar-refractivity contribution in [2.45, 2.75) is 26.2 Å². The third-order valence-corrected chi connectivity index (χ3v) is 3.97. The van der Waals surface area contributed by atoms with E-state index in [9.17, 15) is 0 Å². The summed E-state index contributed by atoms with van der Waals surface area (Å²) in [6.45, 7) is 6.72. The van der Waals surface area contributed by atoms with E-state index in [2.05, 4.69) is 87.5 Å². The molecule has 0 spiro atoms. The second-order valence-corrected chi connectivity index (χ2v) is 6.68. The lowest BCUT2D eigenvalue weighted by Gasteiger charge is -2.19. The lowest BCUT2D eigenvalue weighted by Crippen LogP contribution is -2.10. The Kier molecular flexibility index (Phi) is 3.85. The van der Waals surface area contributed by atoms with Gasteiger partial charge in [0.1, 0.15) is 0 Å². The van der Waals surface area contributed by atoms with E-state index in [-0.39, 0.29) is 5.41 Å². The van der Waals surface area contributed by atoms with Gasteiger partial charge < -0.3 is 0 Å². The zero-order chi connectivity index (χ0) is 15.6. The minimum atomic E-state index is 0.189. The van der Waals surface area contributed by atoms with Crippen LogP contribution in [0.3, 0.4) is 0 Å². The van der Waals surface area contributed by atoms with Crippen molar-refractivity contribution in [2.75, 3.05) is 0 Å². The van der Waals surface area contributed by atoms with Crippen molar-refractivity contribution in [1.82, 2.24) is 0 Å². The van der Waals surface area contributed by atoms with Gasteiger partial charge in [-0.05, 0) is 45.4 Å². The largest absolute Gasteiger partial charge is 0.0622 e. The maximum atomic E-state index is 3.35. The lowest BCUT2D eigenvalue weighted by molar-refractivity contribution is 0.590. The third-order valence-electron chi connectivity index (χ3n) is 3.97. The monoisotopic (exact) mass is 285 g/mol. The number of hydrogen-bond donors (Lipinski definition) is 0. The van der Waals surface area contributed by atoms with Gasteiger partial charge in [0.15, 0.2) is 0 Å². The van der Waals surface area contributed by atoms with Crippen molar-refractivity contribution in [3.05, 3.63) is 84.4 Å². The van der Waals surface area contributed by atoms with E-state index in [4.69, 9.17) is 0 Å². The van der Waals surface area contributed by atoms with Gasteiger partial charge in [-0.3, -0.25) is 0 Å². The SMILES string of the molecule is CC(C)(C)c1ccc(-c2[c]ccc(-c3ccccc3)c2)cc1. The molecule has 0 unspecified atom stereocenters. The van der Waals surface area contributed by atoms with Crippen LogP contribution in [0.5, 0.6) is 0 Å². The normalized spacial score (nSPS) is 11.4. The molecule has 0 saturated heterocycles. The fourth-order valence-electron chi connectivity index (χ4n) is 2.59. The van der Waals surface area contributed by atoms with Crippen LogP contribution in [0, 0.1) is 6.07 Å². The first kappa shape index (κ1) is 14.6. The Morgan fingerprint density at radius 2 is 1.36 bits per heavy atom. The van der Waals surface area contributed by atoms with E-state index >= 15 is 0 Å². The molecule has 3 aromatic rings. The van der Waals surface area contributed by atoms with E-state index in [1.165, 1.54) is 22.3 Å². The topological polar surface area (TPSA) is 0 Å². The van der Waals surface area contributed by atoms with Crippen LogP contribution in [0.2, 0.25) is 0 Å². The molecule has 0 saturated carbocycles. The molecule has 0 fully saturated rings. The molecule has 1 radical (unpaired) electrons. The van der Waals surface area contributed by atoms with Crippen LogP contribution in [-0.4, -0.2) is 0 Å². The van der Waals surface area contributed by atoms with Crippen LogP contribution < -0.4 is 0 Å². The van der Waals surface area contributed by atoms with Gasteiger partial charge in [-0.25, -0.2) is 0 Å². The fourth-order valence-corrected chi connectivity index (χ4v) is 2.59. The van der Waals surface area contributed by atoms with Crippen LogP contribution >= 0.6 is 0 Å². The first-order valence-corrected chi connectivity index (χ1v) is 7.72. The predicted molar refractivity (Wildman–Crippen MR) is 94.9 cm³/mol. The summed E-state index contributed by atoms with van der Waals surface area (Å²) in [4.78, 5) is 0. The van der Waals surface area contributed by atoms with Gasteiger partial charge in [0.05, 0.1) is 0 Å². The van der Waals surface area contributed by atoms with Crippen molar-refractivity contribution < 1.29 is 0 Å². The highest BCUT2D eigenvalue weighted by atomic mass is 14.2. The van der Waals surface area contributed by atoms with Gasteiger partial charge >= 0.3 is 0 Å². The molecule has 0 amide bonds. The minimum Gasteiger partial charge on any atom is -0.0622 e. The molecule has 22 heavy (non-hydrogen) atoms. The van der Waals surface area contributed by atoms with Crippen molar-refractivity contribution in [1.29, 1.82) is 0 Å². The summed E-state index contributed by atoms with van der Waals surface area (Å²) in [7, 11) is 0. The molecule has 0 N–H and O–H groups in total. The van der Waals surface area contributed by atoms with Crippen LogP contribution in [0.1, 0.15) is 26.3 Å². The highest BCUT2D eigenvalue weighted by Gasteiger charge is 2.13. The summed E-state index contributed by atoms with van der Waals surface area (Å²) in [5.41, 5.74) is 6.37. The van der Waals surface area contributed by atoms with Crippen molar-refractivity contribution in [3.63, 3.8) is 0 Å². The zero-order valence-corrected chi connectivity index (χ0v) is 13.4. The first-order valence-electron chi connectivity index (χ1n) is 7.72. The van der Waals surface area contributed by atoms with Crippen LogP contribution in [0.15, 0.2) is 72.8 Å². The summed E-state index contributed by atoms with van der Waals surface area (Å²) in [6.07, 6.45) is 0. The molecule has 0 aliphatic heterocycles. The van der Waals surface area contributed by atoms with Crippen molar-refractivity contribution in [3.8, 4) is 22.3 Å². The Bertz CT molecular complexity index is 744. The van der Waals surface area contributed by atoms with E-state index < -0.39 is 0 Å². The summed E-state index contributed by atoms with van der Waals surface area (Å²) >= 11 is 0. The molecule has 0 heteroatoms. The summed E-state index contributed by atoms with van der Waals surface area (Å²) < 4.78 is 0. The van der Waals surface area contributed by atoms with E-state index in [0.717, 1.165) is 5.56 Å². The molecule has 0 aliphatic rings. The number of hydrogen-bond acceptors (Lipinski definition) is 0. The highest BCUT2D eigenvalue weighted by molar-refractivity contribution is 5.72. The maximum absolute atomic E-state index is 3.35. The molecule has 0 aromatic heterocycles. The molecule has 109 valence electrons. The number of rotatable bonds is 2. The Balaban J connectivity index is 1.96. The second-order valence-electron chi connectivity index (χ2n) is 6.68. The Morgan fingerprint density at radius 1 is 0.682 bits per heavy atom. The zero-order valence-electron chi connectivity index (χ0n) is 13.4. The highest BCUT2D eigenvalue weighted by Crippen LogP contribution is 2.28. The molecule has 3 rings (SSSR count). The predicted octanol–water partition coefficient (Wildman–Crippen LogP) is 6.12. The molecule has 3 aromatic carbocycles. The molecule has 0 nitrogen and oxygen atoms in total. The fraction of sp³-hybridized carbons (Fsp3) is 0.182. The molecular weight excluding hydrogens is 264 g/mol. The summed E-state index contributed by atoms with van der Waals surface area (Å²) in [5.74, 6) is 0. The first-order chi connectivity index (χ1) is 10.5. The molecule has 0 aliphatic carbocycles. The van der Waals surface area contributed by atoms with E-state index in [1.807, 2.05) is 12.1 Å². The van der Waals surface area contributed by atoms with Gasteiger partial charge in [0, 0.05) is 0 Å². The number of benzene rings is 3. The van der Waals surface area contributed by atoms with Crippen molar-refractivity contribution in [2.24, 2.45) is 0 Å². The Hall–Kier alpha value is -2.34. The van der Waals surface area contributed by atoms with E-state index in [0.29, 0.717) is 0 Å². The third kappa shape index (κ3) is 3.12. The quantitative estimate of drug-likeness (QED) is 0.532. The molecule has 0 heterocycles. The Morgan fingerprint density at radius 3 is 2.00 bits per heavy atom. The summed E-state index contributed by atoms with van der Waals surface area (Å²) in [5, 5.41) is 0. The summed E-state index contributed by atoms with van der Waals surface area (Å²) in [6, 6.07) is 29.0. The van der Waals surface area contributed by atoms with Gasteiger partial charge in [-0.2, -0.15) is 0 Å². The standard InChI is InChI=1S/C22H21/c1-22(2,3)21-14-12-18(13-15-21)20-11-7-10-19(16-20)17-8-5-4-6-9-17/h4-10,12-16H,1-3H3. The average molecular weight is 285 g/mol.